The Labute approximate surface area is 133 Å². The second kappa shape index (κ2) is 7.66. The molecule has 1 aromatic rings. The molecule has 0 aromatic heterocycles. The summed E-state index contributed by atoms with van der Waals surface area (Å²) in [7, 11) is 0. The molecule has 1 heterocycles. The van der Waals surface area contributed by atoms with Crippen molar-refractivity contribution in [3.05, 3.63) is 30.3 Å². The van der Waals surface area contributed by atoms with Crippen LogP contribution in [0.2, 0.25) is 0 Å². The summed E-state index contributed by atoms with van der Waals surface area (Å²) in [4.78, 5) is 14.5. The summed E-state index contributed by atoms with van der Waals surface area (Å²) in [6, 6.07) is 10.0. The zero-order chi connectivity index (χ0) is 15.2. The van der Waals surface area contributed by atoms with Crippen molar-refractivity contribution in [1.29, 1.82) is 0 Å². The lowest BCUT2D eigenvalue weighted by Crippen LogP contribution is -2.41. The number of hydrogen-bond acceptors (Lipinski definition) is 2. The van der Waals surface area contributed by atoms with Gasteiger partial charge in [0.1, 0.15) is 5.75 Å². The number of nitrogens with zero attached hydrogens (tertiary/aromatic N) is 1. The molecule has 0 unspecified atom stereocenters. The molecule has 1 amide bonds. The molecule has 3 nitrogen and oxygen atoms in total. The maximum absolute atomic E-state index is 12.4. The zero-order valence-corrected chi connectivity index (χ0v) is 13.4. The van der Waals surface area contributed by atoms with Crippen molar-refractivity contribution in [1.82, 2.24) is 4.90 Å². The van der Waals surface area contributed by atoms with Gasteiger partial charge >= 0.3 is 0 Å². The van der Waals surface area contributed by atoms with Crippen molar-refractivity contribution < 1.29 is 9.53 Å². The molecular formula is C19H27NO2. The van der Waals surface area contributed by atoms with Crippen molar-refractivity contribution in [2.75, 3.05) is 19.7 Å². The van der Waals surface area contributed by atoms with Crippen LogP contribution in [0.25, 0.3) is 0 Å². The lowest BCUT2D eigenvalue weighted by Gasteiger charge is -2.33. The molecule has 3 heteroatoms. The fourth-order valence-electron chi connectivity index (χ4n) is 3.73. The Morgan fingerprint density at radius 2 is 1.73 bits per heavy atom. The van der Waals surface area contributed by atoms with Crippen LogP contribution in [0.1, 0.15) is 44.9 Å². The van der Waals surface area contributed by atoms with E-state index < -0.39 is 0 Å². The summed E-state index contributed by atoms with van der Waals surface area (Å²) in [5.41, 5.74) is 0. The molecular weight excluding hydrogens is 274 g/mol. The van der Waals surface area contributed by atoms with Crippen LogP contribution in [-0.2, 0) is 4.79 Å². The highest BCUT2D eigenvalue weighted by atomic mass is 16.5. The average Bonchev–Trinajstić information content (AvgIpc) is 3.10. The minimum absolute atomic E-state index is 0.331. The van der Waals surface area contributed by atoms with E-state index in [1.54, 1.807) is 0 Å². The minimum atomic E-state index is 0.331. The van der Waals surface area contributed by atoms with Gasteiger partial charge in [-0.15, -0.1) is 0 Å². The largest absolute Gasteiger partial charge is 0.494 e. The number of rotatable bonds is 5. The van der Waals surface area contributed by atoms with E-state index in [4.69, 9.17) is 4.74 Å². The minimum Gasteiger partial charge on any atom is -0.494 e. The zero-order valence-electron chi connectivity index (χ0n) is 13.4. The van der Waals surface area contributed by atoms with Crippen LogP contribution in [0.3, 0.4) is 0 Å². The SMILES string of the molecule is O=C(C1CCCC1)N1CCC(CCOc2ccccc2)CC1. The van der Waals surface area contributed by atoms with Crippen molar-refractivity contribution >= 4 is 5.91 Å². The molecule has 120 valence electrons. The number of amides is 1. The number of piperidine rings is 1. The number of benzene rings is 1. The van der Waals surface area contributed by atoms with Crippen molar-refractivity contribution in [2.24, 2.45) is 11.8 Å². The smallest absolute Gasteiger partial charge is 0.225 e. The van der Waals surface area contributed by atoms with E-state index in [-0.39, 0.29) is 0 Å². The number of carbonyl (C=O) groups is 1. The first-order chi connectivity index (χ1) is 10.8. The summed E-state index contributed by atoms with van der Waals surface area (Å²) < 4.78 is 5.78. The number of hydrogen-bond donors (Lipinski definition) is 0. The fraction of sp³-hybridized carbons (Fsp3) is 0.632. The maximum Gasteiger partial charge on any atom is 0.225 e. The van der Waals surface area contributed by atoms with Crippen molar-refractivity contribution in [3.63, 3.8) is 0 Å². The van der Waals surface area contributed by atoms with Crippen LogP contribution < -0.4 is 4.74 Å². The summed E-state index contributed by atoms with van der Waals surface area (Å²) >= 11 is 0. The molecule has 0 atom stereocenters. The van der Waals surface area contributed by atoms with Crippen LogP contribution in [0, 0.1) is 11.8 Å². The van der Waals surface area contributed by atoms with E-state index >= 15 is 0 Å². The second-order valence-electron chi connectivity index (χ2n) is 6.70. The average molecular weight is 301 g/mol. The van der Waals surface area contributed by atoms with E-state index in [2.05, 4.69) is 4.90 Å². The fourth-order valence-corrected chi connectivity index (χ4v) is 3.73. The lowest BCUT2D eigenvalue weighted by molar-refractivity contribution is -0.136. The van der Waals surface area contributed by atoms with E-state index in [0.29, 0.717) is 17.7 Å². The first-order valence-electron chi connectivity index (χ1n) is 8.79. The van der Waals surface area contributed by atoms with Crippen LogP contribution >= 0.6 is 0 Å². The third-order valence-electron chi connectivity index (χ3n) is 5.17. The standard InChI is InChI=1S/C19H27NO2/c21-19(17-6-4-5-7-17)20-13-10-16(11-14-20)12-15-22-18-8-2-1-3-9-18/h1-3,8-9,16-17H,4-7,10-15H2. The van der Waals surface area contributed by atoms with E-state index in [9.17, 15) is 4.79 Å². The summed E-state index contributed by atoms with van der Waals surface area (Å²) in [6.45, 7) is 2.68. The van der Waals surface area contributed by atoms with Gasteiger partial charge in [-0.25, -0.2) is 0 Å². The highest BCUT2D eigenvalue weighted by molar-refractivity contribution is 5.79. The van der Waals surface area contributed by atoms with Gasteiger partial charge in [0.05, 0.1) is 6.61 Å². The Hall–Kier alpha value is -1.51. The van der Waals surface area contributed by atoms with Crippen molar-refractivity contribution in [2.45, 2.75) is 44.9 Å². The quantitative estimate of drug-likeness (QED) is 0.826. The van der Waals surface area contributed by atoms with Crippen LogP contribution in [0.5, 0.6) is 5.75 Å². The Kier molecular flexibility index (Phi) is 5.36. The maximum atomic E-state index is 12.4. The molecule has 1 aromatic carbocycles. The van der Waals surface area contributed by atoms with Crippen molar-refractivity contribution in [3.8, 4) is 5.75 Å². The summed E-state index contributed by atoms with van der Waals surface area (Å²) in [5, 5.41) is 0. The second-order valence-corrected chi connectivity index (χ2v) is 6.70. The number of likely N-dealkylation sites (tertiary alicyclic amines) is 1. The van der Waals surface area contributed by atoms with Crippen LogP contribution in [0.4, 0.5) is 0 Å². The van der Waals surface area contributed by atoms with Gasteiger partial charge < -0.3 is 9.64 Å². The number of ether oxygens (including phenoxy) is 1. The Balaban J connectivity index is 1.36. The lowest BCUT2D eigenvalue weighted by atomic mass is 9.93. The molecule has 0 N–H and O–H groups in total. The first kappa shape index (κ1) is 15.4. The molecule has 0 spiro atoms. The van der Waals surface area contributed by atoms with Gasteiger partial charge in [-0.1, -0.05) is 31.0 Å². The molecule has 0 bridgehead atoms. The highest BCUT2D eigenvalue weighted by Gasteiger charge is 2.29. The highest BCUT2D eigenvalue weighted by Crippen LogP contribution is 2.29. The molecule has 1 aliphatic carbocycles. The van der Waals surface area contributed by atoms with Crippen LogP contribution in [-0.4, -0.2) is 30.5 Å². The van der Waals surface area contributed by atoms with Gasteiger partial charge in [-0.2, -0.15) is 0 Å². The monoisotopic (exact) mass is 301 g/mol. The van der Waals surface area contributed by atoms with Crippen LogP contribution in [0.15, 0.2) is 30.3 Å². The van der Waals surface area contributed by atoms with Gasteiger partial charge in [-0.05, 0) is 50.2 Å². The molecule has 3 rings (SSSR count). The molecule has 0 radical (unpaired) electrons. The summed E-state index contributed by atoms with van der Waals surface area (Å²) in [6.07, 6.45) is 8.08. The van der Waals surface area contributed by atoms with Gasteiger partial charge in [0.2, 0.25) is 5.91 Å². The third-order valence-corrected chi connectivity index (χ3v) is 5.17. The Morgan fingerprint density at radius 1 is 1.05 bits per heavy atom. The Morgan fingerprint density at radius 3 is 2.41 bits per heavy atom. The molecule has 2 fully saturated rings. The molecule has 2 aliphatic rings. The van der Waals surface area contributed by atoms with E-state index in [1.165, 1.54) is 12.8 Å². The molecule has 22 heavy (non-hydrogen) atoms. The summed E-state index contributed by atoms with van der Waals surface area (Å²) in [5.74, 6) is 2.42. The predicted molar refractivity (Wildman–Crippen MR) is 87.8 cm³/mol. The molecule has 1 saturated heterocycles. The van der Waals surface area contributed by atoms with Gasteiger partial charge in [-0.3, -0.25) is 4.79 Å². The van der Waals surface area contributed by atoms with Gasteiger partial charge in [0, 0.05) is 19.0 Å². The molecule has 1 aliphatic heterocycles. The Bertz CT molecular complexity index is 460. The van der Waals surface area contributed by atoms with Gasteiger partial charge in [0.25, 0.3) is 0 Å². The number of para-hydroxylation sites is 1. The normalized spacial score (nSPS) is 20.3. The predicted octanol–water partition coefficient (Wildman–Crippen LogP) is 3.88. The topological polar surface area (TPSA) is 29.5 Å². The first-order valence-corrected chi connectivity index (χ1v) is 8.79. The van der Waals surface area contributed by atoms with E-state index in [0.717, 1.165) is 57.6 Å². The van der Waals surface area contributed by atoms with E-state index in [1.807, 2.05) is 30.3 Å². The molecule has 1 saturated carbocycles. The third kappa shape index (κ3) is 4.02. The van der Waals surface area contributed by atoms with Gasteiger partial charge in [0.15, 0.2) is 0 Å². The number of carbonyl (C=O) groups excluding carboxylic acids is 1.